The van der Waals surface area contributed by atoms with Crippen LogP contribution in [0.25, 0.3) is 11.0 Å². The lowest BCUT2D eigenvalue weighted by Gasteiger charge is -2.52. The molecular weight excluding hydrogens is 496 g/mol. The van der Waals surface area contributed by atoms with E-state index in [1.165, 1.54) is 12.0 Å². The van der Waals surface area contributed by atoms with Gasteiger partial charge in [-0.1, -0.05) is 5.16 Å². The number of nitrogens with one attached hydrogen (secondary N) is 2. The molecule has 0 radical (unpaired) electrons. The Kier molecular flexibility index (Phi) is 4.50. The Labute approximate surface area is 204 Å². The summed E-state index contributed by atoms with van der Waals surface area (Å²) in [6.45, 7) is 2.62. The first-order valence-corrected chi connectivity index (χ1v) is 12.5. The summed E-state index contributed by atoms with van der Waals surface area (Å²) in [5.41, 5.74) is 0.205. The number of hydrogen-bond acceptors (Lipinski definition) is 9. The van der Waals surface area contributed by atoms with Gasteiger partial charge in [0, 0.05) is 13.7 Å². The molecule has 6 heterocycles. The molecule has 3 saturated heterocycles. The SMILES string of the molecule is COC[C@H]1[C@@H](C)OC(=O)N1c1noc2c(F)c3c(cc12)CC12C(=O)NC(=O)NC1=P[C@@H]1OCCN3[C@H]12. The third kappa shape index (κ3) is 2.62. The van der Waals surface area contributed by atoms with Crippen LogP contribution in [0.2, 0.25) is 0 Å². The number of ether oxygens (including phenoxy) is 3. The van der Waals surface area contributed by atoms with Crippen LogP contribution in [0, 0.1) is 11.2 Å². The minimum Gasteiger partial charge on any atom is -0.444 e. The molecule has 7 rings (SSSR count). The second kappa shape index (κ2) is 7.37. The van der Waals surface area contributed by atoms with Gasteiger partial charge in [-0.05, 0) is 33.2 Å². The maximum atomic E-state index is 16.1. The maximum Gasteiger partial charge on any atom is 0.416 e. The maximum absolute atomic E-state index is 16.1. The highest BCUT2D eigenvalue weighted by Gasteiger charge is 2.65. The van der Waals surface area contributed by atoms with Crippen molar-refractivity contribution < 1.29 is 37.5 Å². The number of carbonyl (C=O) groups excluding carboxylic acids is 3. The van der Waals surface area contributed by atoms with E-state index in [0.717, 1.165) is 0 Å². The number of aromatic nitrogens is 1. The normalized spacial score (nSPS) is 33.0. The van der Waals surface area contributed by atoms with Gasteiger partial charge in [-0.15, -0.1) is 0 Å². The zero-order valence-electron chi connectivity index (χ0n) is 19.2. The summed E-state index contributed by atoms with van der Waals surface area (Å²) in [7, 11) is 2.19. The van der Waals surface area contributed by atoms with Crippen molar-refractivity contribution >= 4 is 54.1 Å². The molecular formula is C22H21FN5O7P. The Balaban J connectivity index is 1.41. The van der Waals surface area contributed by atoms with Crippen molar-refractivity contribution in [1.82, 2.24) is 15.8 Å². The Bertz CT molecular complexity index is 1400. The van der Waals surface area contributed by atoms with Gasteiger partial charge >= 0.3 is 12.1 Å². The number of fused-ring (bicyclic) bond motifs is 3. The molecule has 5 atom stereocenters. The van der Waals surface area contributed by atoms with Crippen molar-refractivity contribution in [2.45, 2.75) is 37.4 Å². The zero-order chi connectivity index (χ0) is 24.9. The van der Waals surface area contributed by atoms with Crippen molar-refractivity contribution in [3.05, 3.63) is 17.4 Å². The van der Waals surface area contributed by atoms with Gasteiger partial charge in [0.1, 0.15) is 23.4 Å². The van der Waals surface area contributed by atoms with Crippen molar-refractivity contribution in [3.8, 4) is 0 Å². The van der Waals surface area contributed by atoms with Crippen LogP contribution in [0.3, 0.4) is 0 Å². The Morgan fingerprint density at radius 2 is 2.17 bits per heavy atom. The Morgan fingerprint density at radius 3 is 2.97 bits per heavy atom. The van der Waals surface area contributed by atoms with E-state index in [0.29, 0.717) is 38.0 Å². The average Bonchev–Trinajstić information content (AvgIpc) is 3.47. The van der Waals surface area contributed by atoms with E-state index < -0.39 is 53.3 Å². The van der Waals surface area contributed by atoms with Gasteiger partial charge in [0.05, 0.1) is 35.7 Å². The summed E-state index contributed by atoms with van der Waals surface area (Å²) in [5, 5.41) is 9.52. The summed E-state index contributed by atoms with van der Waals surface area (Å²) in [4.78, 5) is 41.3. The molecule has 4 amide bonds. The zero-order valence-corrected chi connectivity index (χ0v) is 20.1. The van der Waals surface area contributed by atoms with Crippen molar-refractivity contribution in [2.24, 2.45) is 5.41 Å². The number of methoxy groups -OCH3 is 1. The number of urea groups is 1. The molecule has 1 aromatic heterocycles. The van der Waals surface area contributed by atoms with Crippen molar-refractivity contribution in [3.63, 3.8) is 0 Å². The molecule has 0 saturated carbocycles. The van der Waals surface area contributed by atoms with E-state index in [4.69, 9.17) is 18.7 Å². The molecule has 0 aliphatic carbocycles. The Hall–Kier alpha value is -3.28. The highest BCUT2D eigenvalue weighted by Crippen LogP contribution is 2.55. The number of morpholine rings is 1. The van der Waals surface area contributed by atoms with Gasteiger partial charge in [-0.25, -0.2) is 18.9 Å². The number of benzene rings is 1. The summed E-state index contributed by atoms with van der Waals surface area (Å²) in [6, 6.07) is 0.153. The van der Waals surface area contributed by atoms with Gasteiger partial charge in [0.25, 0.3) is 0 Å². The topological polar surface area (TPSA) is 135 Å². The first kappa shape index (κ1) is 22.0. The van der Waals surface area contributed by atoms with Gasteiger partial charge < -0.3 is 29.0 Å². The molecule has 5 aliphatic heterocycles. The number of cyclic esters (lactones) is 1. The fourth-order valence-corrected chi connectivity index (χ4v) is 7.87. The van der Waals surface area contributed by atoms with Crippen LogP contribution in [0.5, 0.6) is 0 Å². The molecule has 12 nitrogen and oxygen atoms in total. The molecule has 1 aromatic carbocycles. The monoisotopic (exact) mass is 517 g/mol. The van der Waals surface area contributed by atoms with Crippen molar-refractivity contribution in [2.75, 3.05) is 36.7 Å². The number of imide groups is 1. The Morgan fingerprint density at radius 1 is 1.33 bits per heavy atom. The van der Waals surface area contributed by atoms with Crippen LogP contribution < -0.4 is 20.4 Å². The van der Waals surface area contributed by atoms with Crippen LogP contribution in [0.4, 0.5) is 25.5 Å². The fraction of sp³-hybridized carbons (Fsp3) is 0.500. The molecule has 14 heteroatoms. The van der Waals surface area contributed by atoms with Crippen LogP contribution >= 0.6 is 8.20 Å². The number of carbonyl (C=O) groups is 3. The highest BCUT2D eigenvalue weighted by molar-refractivity contribution is 7.42. The molecule has 3 fully saturated rings. The third-order valence-electron chi connectivity index (χ3n) is 7.69. The first-order valence-electron chi connectivity index (χ1n) is 11.5. The van der Waals surface area contributed by atoms with Crippen LogP contribution in [-0.4, -0.2) is 79.5 Å². The first-order chi connectivity index (χ1) is 17.3. The quantitative estimate of drug-likeness (QED) is 0.578. The second-order valence-corrected chi connectivity index (χ2v) is 10.7. The summed E-state index contributed by atoms with van der Waals surface area (Å²) in [5.74, 6) is -1.34. The molecule has 188 valence electrons. The van der Waals surface area contributed by atoms with Gasteiger partial charge in [-0.3, -0.25) is 10.1 Å². The predicted molar refractivity (Wildman–Crippen MR) is 124 cm³/mol. The summed E-state index contributed by atoms with van der Waals surface area (Å²) >= 11 is 0. The number of halogens is 1. The molecule has 2 aromatic rings. The lowest BCUT2D eigenvalue weighted by molar-refractivity contribution is -0.129. The molecule has 1 unspecified atom stereocenters. The van der Waals surface area contributed by atoms with Crippen LogP contribution in [-0.2, 0) is 25.4 Å². The largest absolute Gasteiger partial charge is 0.444 e. The fourth-order valence-electron chi connectivity index (χ4n) is 6.17. The smallest absolute Gasteiger partial charge is 0.416 e. The molecule has 2 N–H and O–H groups in total. The van der Waals surface area contributed by atoms with Crippen molar-refractivity contribution in [1.29, 1.82) is 0 Å². The molecule has 1 spiro atoms. The second-order valence-electron chi connectivity index (χ2n) is 9.50. The van der Waals surface area contributed by atoms with E-state index >= 15 is 4.39 Å². The third-order valence-corrected chi connectivity index (χ3v) is 9.15. The van der Waals surface area contributed by atoms with E-state index in [9.17, 15) is 14.4 Å². The standard InChI is InChI=1S/C22H21FN5O7P/c1-8-11(7-32-2)28(21(31)34-8)16-10-5-9-6-22-15-17(36-19(22)25-20(30)24-18(22)29)33-4-3-27(15)13(9)12(23)14(10)35-26-16/h5,8,11,15,17H,3-4,6-7H2,1-2H3,(H2,24,25,29,30)/t8-,11+,15-,17+,22?/m1/s1. The number of amides is 4. The van der Waals surface area contributed by atoms with E-state index in [1.807, 2.05) is 4.90 Å². The molecule has 0 bridgehead atoms. The highest BCUT2D eigenvalue weighted by atomic mass is 31.1. The summed E-state index contributed by atoms with van der Waals surface area (Å²) in [6.07, 6.45) is -0.967. The van der Waals surface area contributed by atoms with Gasteiger partial charge in [-0.2, -0.15) is 0 Å². The van der Waals surface area contributed by atoms with E-state index in [1.54, 1.807) is 13.0 Å². The number of rotatable bonds is 3. The van der Waals surface area contributed by atoms with Gasteiger partial charge in [0.2, 0.25) is 11.5 Å². The minimum absolute atomic E-state index is 0.0904. The molecule has 5 aliphatic rings. The van der Waals surface area contributed by atoms with Crippen LogP contribution in [0.15, 0.2) is 10.6 Å². The van der Waals surface area contributed by atoms with Crippen LogP contribution in [0.1, 0.15) is 12.5 Å². The lowest BCUT2D eigenvalue weighted by Crippen LogP contribution is -2.71. The average molecular weight is 517 g/mol. The molecule has 36 heavy (non-hydrogen) atoms. The number of hydrogen-bond donors (Lipinski definition) is 2. The van der Waals surface area contributed by atoms with E-state index in [-0.39, 0.29) is 29.8 Å². The minimum atomic E-state index is -1.12. The number of nitrogens with zero attached hydrogens (tertiary/aromatic N) is 3. The van der Waals surface area contributed by atoms with Gasteiger partial charge in [0.15, 0.2) is 11.6 Å². The summed E-state index contributed by atoms with van der Waals surface area (Å²) < 4.78 is 38.2. The number of anilines is 2. The lowest BCUT2D eigenvalue weighted by atomic mass is 9.69. The van der Waals surface area contributed by atoms with E-state index in [2.05, 4.69) is 15.8 Å². The predicted octanol–water partition coefficient (Wildman–Crippen LogP) is 1.33.